The topological polar surface area (TPSA) is 107 Å². The Morgan fingerprint density at radius 1 is 1.17 bits per heavy atom. The van der Waals surface area contributed by atoms with Crippen LogP contribution in [0.2, 0.25) is 0 Å². The van der Waals surface area contributed by atoms with Crippen LogP contribution in [0, 0.1) is 23.2 Å². The molecule has 2 aliphatic heterocycles. The largest absolute Gasteiger partial charge is 0.455 e. The summed E-state index contributed by atoms with van der Waals surface area (Å²) in [5.41, 5.74) is 1.02. The molecule has 2 bridgehead atoms. The number of esters is 2. The number of aliphatic hydroxyl groups is 1. The number of aromatic nitrogens is 1. The van der Waals surface area contributed by atoms with Gasteiger partial charge in [0.15, 0.2) is 6.10 Å². The van der Waals surface area contributed by atoms with Crippen molar-refractivity contribution in [3.63, 3.8) is 0 Å². The molecule has 1 aromatic heterocycles. The highest BCUT2D eigenvalue weighted by Crippen LogP contribution is 2.59. The van der Waals surface area contributed by atoms with Gasteiger partial charge in [0.2, 0.25) is 0 Å². The summed E-state index contributed by atoms with van der Waals surface area (Å²) in [4.78, 5) is 29.5. The summed E-state index contributed by atoms with van der Waals surface area (Å²) in [5, 5.41) is 10.7. The Morgan fingerprint density at radius 2 is 1.90 bits per heavy atom. The summed E-state index contributed by atoms with van der Waals surface area (Å²) in [6.07, 6.45) is 5.80. The van der Waals surface area contributed by atoms with E-state index in [1.807, 2.05) is 44.2 Å². The van der Waals surface area contributed by atoms with Gasteiger partial charge in [0.25, 0.3) is 0 Å². The van der Waals surface area contributed by atoms with Gasteiger partial charge in [-0.2, -0.15) is 0 Å². The van der Waals surface area contributed by atoms with E-state index in [1.54, 1.807) is 25.3 Å². The number of methoxy groups -OCH3 is 1. The number of hydrogen-bond donors (Lipinski definition) is 2. The van der Waals surface area contributed by atoms with Crippen molar-refractivity contribution >= 4 is 11.9 Å². The van der Waals surface area contributed by atoms with Gasteiger partial charge in [-0.1, -0.05) is 69.3 Å². The van der Waals surface area contributed by atoms with Crippen LogP contribution in [0.15, 0.2) is 72.5 Å². The van der Waals surface area contributed by atoms with Crippen molar-refractivity contribution in [2.75, 3.05) is 7.11 Å². The smallest absolute Gasteiger partial charge is 0.355 e. The quantitative estimate of drug-likeness (QED) is 0.328. The third-order valence-electron chi connectivity index (χ3n) is 9.62. The van der Waals surface area contributed by atoms with Crippen molar-refractivity contribution in [1.82, 2.24) is 4.98 Å². The molecule has 5 rings (SSSR count). The van der Waals surface area contributed by atoms with Gasteiger partial charge >= 0.3 is 11.9 Å². The summed E-state index contributed by atoms with van der Waals surface area (Å²) < 4.78 is 25.1. The number of H-pyrrole nitrogens is 1. The molecular formula is C34H43NO7. The van der Waals surface area contributed by atoms with Crippen LogP contribution in [0.3, 0.4) is 0 Å². The summed E-state index contributed by atoms with van der Waals surface area (Å²) in [5.74, 6) is -1.65. The molecule has 10 atom stereocenters. The van der Waals surface area contributed by atoms with E-state index in [0.717, 1.165) is 11.1 Å². The molecule has 2 aromatic rings. The van der Waals surface area contributed by atoms with Crippen LogP contribution in [-0.4, -0.2) is 59.2 Å². The standard InChI is InChI=1S/C34H43NO7/c1-20-17-21(2)34-19-33(5,30(42-34)29(22(3)23(4)36)41-31(37)26-13-10-16-35-26)15-14-25(34)18-27(39-6)32(38)40-28(20)24-11-8-7-9-12-24/h7-17,20,22-23,25,27-30,35-36H,18-19H2,1-6H3/b21-17+/t20-,22-,23+,25-,27+,28-,29-,30+,33-,34+/m1/s1. The van der Waals surface area contributed by atoms with Crippen molar-refractivity contribution in [2.24, 2.45) is 23.2 Å². The zero-order chi connectivity index (χ0) is 30.2. The average molecular weight is 578 g/mol. The van der Waals surface area contributed by atoms with Crippen LogP contribution in [0.1, 0.15) is 69.6 Å². The lowest BCUT2D eigenvalue weighted by Crippen LogP contribution is -2.47. The number of rotatable bonds is 7. The summed E-state index contributed by atoms with van der Waals surface area (Å²) >= 11 is 0. The summed E-state index contributed by atoms with van der Waals surface area (Å²) in [7, 11) is 1.53. The highest BCUT2D eigenvalue weighted by molar-refractivity contribution is 5.87. The van der Waals surface area contributed by atoms with Gasteiger partial charge in [-0.25, -0.2) is 9.59 Å². The SMILES string of the molecule is CO[C@H]1C[C@H]2C=C[C@]3(C)C[C@]2(O[C@H]3[C@H](OC(=O)c2ccc[nH]2)[C@H](C)[C@H](C)O)/C(C)=C/[C@@H](C)[C@H](c2ccccc2)OC1=O. The maximum atomic E-state index is 13.5. The number of ether oxygens (including phenoxy) is 4. The predicted octanol–water partition coefficient (Wildman–Crippen LogP) is 5.56. The zero-order valence-corrected chi connectivity index (χ0v) is 25.3. The highest BCUT2D eigenvalue weighted by atomic mass is 16.6. The third-order valence-corrected chi connectivity index (χ3v) is 9.62. The molecular weight excluding hydrogens is 534 g/mol. The van der Waals surface area contributed by atoms with Gasteiger partial charge in [-0.3, -0.25) is 0 Å². The van der Waals surface area contributed by atoms with Gasteiger partial charge in [0.05, 0.1) is 11.7 Å². The first kappa shape index (κ1) is 30.3. The van der Waals surface area contributed by atoms with E-state index in [2.05, 4.69) is 37.1 Å². The van der Waals surface area contributed by atoms with E-state index < -0.39 is 59.4 Å². The van der Waals surface area contributed by atoms with Gasteiger partial charge < -0.3 is 29.0 Å². The predicted molar refractivity (Wildman–Crippen MR) is 157 cm³/mol. The number of cyclic esters (lactones) is 1. The molecule has 0 amide bonds. The molecule has 8 heteroatoms. The van der Waals surface area contributed by atoms with Gasteiger partial charge in [-0.15, -0.1) is 0 Å². The van der Waals surface area contributed by atoms with Crippen LogP contribution in [-0.2, 0) is 23.7 Å². The molecule has 3 aliphatic rings. The normalized spacial score (nSPS) is 36.1. The molecule has 226 valence electrons. The number of hydrogen-bond acceptors (Lipinski definition) is 7. The molecule has 2 N–H and O–H groups in total. The van der Waals surface area contributed by atoms with Crippen LogP contribution < -0.4 is 0 Å². The molecule has 1 aromatic carbocycles. The molecule has 0 saturated carbocycles. The monoisotopic (exact) mass is 577 g/mol. The Morgan fingerprint density at radius 3 is 2.55 bits per heavy atom. The Balaban J connectivity index is 1.57. The minimum atomic E-state index is -0.786. The van der Waals surface area contributed by atoms with Crippen LogP contribution in [0.5, 0.6) is 0 Å². The minimum absolute atomic E-state index is 0.153. The lowest BCUT2D eigenvalue weighted by Gasteiger charge is -2.42. The Bertz CT molecular complexity index is 1320. The molecule has 0 radical (unpaired) electrons. The number of fused-ring (bicyclic) bond motifs is 1. The van der Waals surface area contributed by atoms with E-state index in [4.69, 9.17) is 18.9 Å². The number of benzene rings is 1. The number of carbonyl (C=O) groups is 2. The first-order valence-electron chi connectivity index (χ1n) is 14.9. The van der Waals surface area contributed by atoms with Crippen LogP contribution >= 0.6 is 0 Å². The number of aromatic amines is 1. The van der Waals surface area contributed by atoms with Crippen molar-refractivity contribution in [1.29, 1.82) is 0 Å². The van der Waals surface area contributed by atoms with Crippen LogP contribution in [0.25, 0.3) is 0 Å². The zero-order valence-electron chi connectivity index (χ0n) is 25.3. The Kier molecular flexibility index (Phi) is 8.52. The molecule has 1 aliphatic carbocycles. The molecule has 1 saturated heterocycles. The van der Waals surface area contributed by atoms with Crippen molar-refractivity contribution < 1.29 is 33.6 Å². The summed E-state index contributed by atoms with van der Waals surface area (Å²) in [6, 6.07) is 13.2. The fourth-order valence-corrected chi connectivity index (χ4v) is 7.00. The molecule has 0 unspecified atom stereocenters. The van der Waals surface area contributed by atoms with E-state index in [1.165, 1.54) is 7.11 Å². The lowest BCUT2D eigenvalue weighted by atomic mass is 9.64. The van der Waals surface area contributed by atoms with Crippen molar-refractivity contribution in [2.45, 2.75) is 83.6 Å². The second kappa shape index (κ2) is 11.8. The number of nitrogens with one attached hydrogen (secondary N) is 1. The van der Waals surface area contributed by atoms with Gasteiger partial charge in [0.1, 0.15) is 24.0 Å². The highest BCUT2D eigenvalue weighted by Gasteiger charge is 2.62. The average Bonchev–Trinajstić information content (AvgIpc) is 3.59. The van der Waals surface area contributed by atoms with E-state index in [-0.39, 0.29) is 11.8 Å². The maximum Gasteiger partial charge on any atom is 0.355 e. The van der Waals surface area contributed by atoms with E-state index in [0.29, 0.717) is 18.5 Å². The molecule has 1 spiro atoms. The van der Waals surface area contributed by atoms with Crippen LogP contribution in [0.4, 0.5) is 0 Å². The molecule has 42 heavy (non-hydrogen) atoms. The Labute approximate surface area is 248 Å². The fourth-order valence-electron chi connectivity index (χ4n) is 7.00. The number of carbonyl (C=O) groups excluding carboxylic acids is 2. The third kappa shape index (κ3) is 5.48. The first-order valence-corrected chi connectivity index (χ1v) is 14.9. The van der Waals surface area contributed by atoms with Crippen molar-refractivity contribution in [3.8, 4) is 0 Å². The maximum absolute atomic E-state index is 13.5. The second-order valence-electron chi connectivity index (χ2n) is 12.6. The van der Waals surface area contributed by atoms with E-state index in [9.17, 15) is 14.7 Å². The molecule has 3 heterocycles. The second-order valence-corrected chi connectivity index (χ2v) is 12.6. The van der Waals surface area contributed by atoms with E-state index >= 15 is 0 Å². The molecule has 1 fully saturated rings. The first-order chi connectivity index (χ1) is 20.0. The molecule has 8 nitrogen and oxygen atoms in total. The lowest BCUT2D eigenvalue weighted by molar-refractivity contribution is -0.167. The van der Waals surface area contributed by atoms with Gasteiger partial charge in [0, 0.05) is 36.5 Å². The minimum Gasteiger partial charge on any atom is -0.455 e. The Hall–Kier alpha value is -3.20. The summed E-state index contributed by atoms with van der Waals surface area (Å²) in [6.45, 7) is 9.83. The fraction of sp³-hybridized carbons (Fsp3) is 0.529. The van der Waals surface area contributed by atoms with Crippen molar-refractivity contribution in [3.05, 3.63) is 83.7 Å². The number of aliphatic hydroxyl groups excluding tert-OH is 1. The van der Waals surface area contributed by atoms with Gasteiger partial charge in [-0.05, 0) is 50.0 Å².